The molecule has 2 aromatic rings. The molecule has 33 heavy (non-hydrogen) atoms. The van der Waals surface area contributed by atoms with Gasteiger partial charge in [-0.15, -0.1) is 0 Å². The highest BCUT2D eigenvalue weighted by molar-refractivity contribution is 5.99. The molecule has 2 aliphatic rings. The molecule has 4 rings (SSSR count). The number of aromatic nitrogens is 2. The molecule has 0 unspecified atom stereocenters. The Morgan fingerprint density at radius 2 is 1.82 bits per heavy atom. The molecule has 11 heteroatoms. The average molecular weight is 451 g/mol. The fourth-order valence-electron chi connectivity index (χ4n) is 3.91. The number of rotatable bonds is 4. The highest BCUT2D eigenvalue weighted by Gasteiger charge is 2.39. The smallest absolute Gasteiger partial charge is 0.321 e. The van der Waals surface area contributed by atoms with Crippen LogP contribution in [0.3, 0.4) is 0 Å². The second-order valence-electron chi connectivity index (χ2n) is 7.88. The minimum atomic E-state index is -0.970. The Bertz CT molecular complexity index is 1020. The summed E-state index contributed by atoms with van der Waals surface area (Å²) in [6.07, 6.45) is 5.34. The second-order valence-corrected chi connectivity index (χ2v) is 7.88. The van der Waals surface area contributed by atoms with Gasteiger partial charge in [0.25, 0.3) is 5.91 Å². The Labute approximate surface area is 190 Å². The van der Waals surface area contributed by atoms with Gasteiger partial charge in [-0.2, -0.15) is 0 Å². The molecule has 172 valence electrons. The van der Waals surface area contributed by atoms with Crippen LogP contribution in [0.1, 0.15) is 23.2 Å². The number of carbonyl (C=O) groups is 4. The first kappa shape index (κ1) is 22.2. The maximum Gasteiger partial charge on any atom is 0.321 e. The lowest BCUT2D eigenvalue weighted by molar-refractivity contribution is -0.133. The van der Waals surface area contributed by atoms with Crippen molar-refractivity contribution in [3.8, 4) is 0 Å². The van der Waals surface area contributed by atoms with Gasteiger partial charge >= 0.3 is 6.03 Å². The van der Waals surface area contributed by atoms with Crippen molar-refractivity contribution < 1.29 is 19.2 Å². The fourth-order valence-corrected chi connectivity index (χ4v) is 3.91. The summed E-state index contributed by atoms with van der Waals surface area (Å²) in [6.45, 7) is 0.940. The summed E-state index contributed by atoms with van der Waals surface area (Å²) in [5, 5.41) is 8.28. The first-order chi connectivity index (χ1) is 16.0. The Morgan fingerprint density at radius 3 is 2.55 bits per heavy atom. The molecule has 1 aromatic heterocycles. The van der Waals surface area contributed by atoms with E-state index in [1.165, 1.54) is 28.5 Å². The van der Waals surface area contributed by atoms with Gasteiger partial charge in [0.05, 0.1) is 12.1 Å². The van der Waals surface area contributed by atoms with Crippen LogP contribution in [0, 0.1) is 0 Å². The molecule has 5 amide bonds. The predicted octanol–water partition coefficient (Wildman–Crippen LogP) is 0.230. The molecule has 2 fully saturated rings. The molecule has 0 radical (unpaired) electrons. The zero-order valence-electron chi connectivity index (χ0n) is 17.9. The van der Waals surface area contributed by atoms with Gasteiger partial charge in [0.2, 0.25) is 11.8 Å². The number of nitrogens with one attached hydrogen (secondary N) is 3. The van der Waals surface area contributed by atoms with E-state index in [1.54, 1.807) is 24.3 Å². The van der Waals surface area contributed by atoms with Gasteiger partial charge < -0.3 is 25.8 Å². The van der Waals surface area contributed by atoms with Crippen molar-refractivity contribution in [1.29, 1.82) is 0 Å². The molecule has 0 bridgehead atoms. The monoisotopic (exact) mass is 451 g/mol. The molecule has 3 heterocycles. The molecule has 2 saturated heterocycles. The number of para-hydroxylation sites is 1. The molecule has 0 aliphatic carbocycles. The van der Waals surface area contributed by atoms with E-state index in [1.807, 2.05) is 6.07 Å². The third-order valence-corrected chi connectivity index (χ3v) is 5.67. The van der Waals surface area contributed by atoms with Crippen molar-refractivity contribution in [2.75, 3.05) is 31.5 Å². The number of urea groups is 1. The third-order valence-electron chi connectivity index (χ3n) is 5.67. The zero-order valence-corrected chi connectivity index (χ0v) is 17.9. The van der Waals surface area contributed by atoms with E-state index in [0.717, 1.165) is 6.42 Å². The van der Waals surface area contributed by atoms with E-state index >= 15 is 0 Å². The van der Waals surface area contributed by atoms with Crippen molar-refractivity contribution in [3.63, 3.8) is 0 Å². The van der Waals surface area contributed by atoms with E-state index in [4.69, 9.17) is 0 Å². The normalized spacial score (nSPS) is 20.5. The third kappa shape index (κ3) is 5.25. The molecule has 2 atom stereocenters. The SMILES string of the molecule is O=C(N[C@@H]1CCCNC1=O)[C@H]1CN(C(=O)Nc2ccccc2)CCN1C(=O)c1cncnc1. The topological polar surface area (TPSA) is 137 Å². The minimum Gasteiger partial charge on any atom is -0.354 e. The Kier molecular flexibility index (Phi) is 6.77. The van der Waals surface area contributed by atoms with E-state index in [9.17, 15) is 19.2 Å². The van der Waals surface area contributed by atoms with E-state index < -0.39 is 23.9 Å². The molecule has 2 aliphatic heterocycles. The van der Waals surface area contributed by atoms with Gasteiger partial charge in [0, 0.05) is 37.7 Å². The van der Waals surface area contributed by atoms with E-state index in [0.29, 0.717) is 18.7 Å². The van der Waals surface area contributed by atoms with E-state index in [2.05, 4.69) is 25.9 Å². The molecule has 0 saturated carbocycles. The van der Waals surface area contributed by atoms with Gasteiger partial charge in [-0.25, -0.2) is 14.8 Å². The first-order valence-corrected chi connectivity index (χ1v) is 10.8. The molecule has 3 N–H and O–H groups in total. The van der Waals surface area contributed by atoms with Crippen LogP contribution < -0.4 is 16.0 Å². The second kappa shape index (κ2) is 10.1. The largest absolute Gasteiger partial charge is 0.354 e. The number of anilines is 1. The number of nitrogens with zero attached hydrogens (tertiary/aromatic N) is 4. The predicted molar refractivity (Wildman–Crippen MR) is 118 cm³/mol. The zero-order chi connectivity index (χ0) is 23.2. The lowest BCUT2D eigenvalue weighted by atomic mass is 10.0. The number of benzene rings is 1. The van der Waals surface area contributed by atoms with Crippen LogP contribution in [0.15, 0.2) is 49.1 Å². The van der Waals surface area contributed by atoms with Crippen molar-refractivity contribution in [1.82, 2.24) is 30.4 Å². The Morgan fingerprint density at radius 1 is 1.06 bits per heavy atom. The Balaban J connectivity index is 1.51. The van der Waals surface area contributed by atoms with Crippen LogP contribution in [0.4, 0.5) is 10.5 Å². The minimum absolute atomic E-state index is 0.0156. The maximum atomic E-state index is 13.2. The lowest BCUT2D eigenvalue weighted by Crippen LogP contribution is -2.64. The fraction of sp³-hybridized carbons (Fsp3) is 0.364. The van der Waals surface area contributed by atoms with Crippen LogP contribution >= 0.6 is 0 Å². The van der Waals surface area contributed by atoms with E-state index in [-0.39, 0.29) is 37.1 Å². The van der Waals surface area contributed by atoms with Crippen molar-refractivity contribution in [2.45, 2.75) is 24.9 Å². The van der Waals surface area contributed by atoms with Crippen molar-refractivity contribution in [3.05, 3.63) is 54.6 Å². The van der Waals surface area contributed by atoms with Gasteiger partial charge in [-0.05, 0) is 25.0 Å². The highest BCUT2D eigenvalue weighted by Crippen LogP contribution is 2.17. The van der Waals surface area contributed by atoms with Crippen LogP contribution in [-0.4, -0.2) is 81.8 Å². The van der Waals surface area contributed by atoms with Gasteiger partial charge in [0.15, 0.2) is 0 Å². The van der Waals surface area contributed by atoms with Crippen molar-refractivity contribution >= 4 is 29.4 Å². The summed E-state index contributed by atoms with van der Waals surface area (Å²) in [5.74, 6) is -1.15. The van der Waals surface area contributed by atoms with Gasteiger partial charge in [-0.3, -0.25) is 14.4 Å². The van der Waals surface area contributed by atoms with Crippen LogP contribution in [-0.2, 0) is 9.59 Å². The first-order valence-electron chi connectivity index (χ1n) is 10.8. The number of hydrogen-bond donors (Lipinski definition) is 3. The number of amides is 5. The molecular formula is C22H25N7O4. The summed E-state index contributed by atoms with van der Waals surface area (Å²) >= 11 is 0. The summed E-state index contributed by atoms with van der Waals surface area (Å²) < 4.78 is 0. The molecular weight excluding hydrogens is 426 g/mol. The summed E-state index contributed by atoms with van der Waals surface area (Å²) in [7, 11) is 0. The Hall–Kier alpha value is -4.02. The summed E-state index contributed by atoms with van der Waals surface area (Å²) in [6, 6.07) is 6.97. The number of carbonyl (C=O) groups excluding carboxylic acids is 4. The number of piperidine rings is 1. The summed E-state index contributed by atoms with van der Waals surface area (Å²) in [5.41, 5.74) is 0.871. The standard InChI is InChI=1S/C22H25N7O4/c30-19-17(7-4-8-25-19)27-20(31)18-13-28(22(33)26-16-5-2-1-3-6-16)9-10-29(18)21(32)15-11-23-14-24-12-15/h1-3,5-6,11-12,14,17-18H,4,7-10,13H2,(H,25,30)(H,26,33)(H,27,31)/t17-,18-/m1/s1. The van der Waals surface area contributed by atoms with Crippen LogP contribution in [0.25, 0.3) is 0 Å². The quantitative estimate of drug-likeness (QED) is 0.609. The van der Waals surface area contributed by atoms with Gasteiger partial charge in [-0.1, -0.05) is 18.2 Å². The van der Waals surface area contributed by atoms with Gasteiger partial charge in [0.1, 0.15) is 18.4 Å². The highest BCUT2D eigenvalue weighted by atomic mass is 16.2. The average Bonchev–Trinajstić information content (AvgIpc) is 2.85. The maximum absolute atomic E-state index is 13.2. The molecule has 11 nitrogen and oxygen atoms in total. The molecule has 1 aromatic carbocycles. The van der Waals surface area contributed by atoms with Crippen LogP contribution in [0.2, 0.25) is 0 Å². The number of piperazine rings is 1. The summed E-state index contributed by atoms with van der Waals surface area (Å²) in [4.78, 5) is 61.9. The van der Waals surface area contributed by atoms with Crippen LogP contribution in [0.5, 0.6) is 0 Å². The molecule has 0 spiro atoms. The lowest BCUT2D eigenvalue weighted by Gasteiger charge is -2.41. The number of hydrogen-bond acceptors (Lipinski definition) is 6. The van der Waals surface area contributed by atoms with Crippen molar-refractivity contribution in [2.24, 2.45) is 0 Å².